The molecule has 5 aromatic rings. The molecule has 1 atom stereocenters. The van der Waals surface area contributed by atoms with E-state index in [0.717, 1.165) is 36.1 Å². The van der Waals surface area contributed by atoms with Gasteiger partial charge in [-0.25, -0.2) is 8.42 Å². The molecule has 0 bridgehead atoms. The third-order valence-electron chi connectivity index (χ3n) is 7.48. The van der Waals surface area contributed by atoms with E-state index < -0.39 is 15.9 Å². The van der Waals surface area contributed by atoms with Gasteiger partial charge < -0.3 is 9.84 Å². The Kier molecular flexibility index (Phi) is 10.8. The number of hydrogen-bond donors (Lipinski definition) is 1. The fourth-order valence-corrected chi connectivity index (χ4v) is 6.62. The first kappa shape index (κ1) is 32.1. The summed E-state index contributed by atoms with van der Waals surface area (Å²) < 4.78 is 32.7. The van der Waals surface area contributed by atoms with E-state index in [9.17, 15) is 18.3 Å². The molecule has 45 heavy (non-hydrogen) atoms. The molecule has 6 nitrogen and oxygen atoms in total. The number of hydrogen-bond acceptors (Lipinski definition) is 6. The first-order valence-corrected chi connectivity index (χ1v) is 16.5. The quantitative estimate of drug-likeness (QED) is 0.124. The molecule has 0 aromatic heterocycles. The van der Waals surface area contributed by atoms with Gasteiger partial charge in [0.2, 0.25) is 9.84 Å². The predicted molar refractivity (Wildman–Crippen MR) is 177 cm³/mol. The minimum absolute atomic E-state index is 0.103. The van der Waals surface area contributed by atoms with Crippen molar-refractivity contribution < 1.29 is 23.1 Å². The molecule has 0 amide bonds. The van der Waals surface area contributed by atoms with Crippen molar-refractivity contribution in [1.82, 2.24) is 4.90 Å². The zero-order chi connectivity index (χ0) is 31.6. The maximum Gasteiger partial charge on any atom is 0.206 e. The van der Waals surface area contributed by atoms with Crippen LogP contribution in [0, 0.1) is 0 Å². The van der Waals surface area contributed by atoms with E-state index in [-0.39, 0.29) is 9.79 Å². The fourth-order valence-electron chi connectivity index (χ4n) is 5.12. The fraction of sp³-hybridized carbons (Fsp3) is 0.162. The molecule has 0 saturated carbocycles. The van der Waals surface area contributed by atoms with Gasteiger partial charge in [0.15, 0.2) is 6.29 Å². The molecule has 0 aliphatic rings. The number of carbonyl (C=O) groups is 1. The smallest absolute Gasteiger partial charge is 0.206 e. The number of halogens is 1. The Labute approximate surface area is 269 Å². The summed E-state index contributed by atoms with van der Waals surface area (Å²) in [4.78, 5) is 13.9. The number of benzene rings is 5. The highest BCUT2D eigenvalue weighted by Gasteiger charge is 2.19. The summed E-state index contributed by atoms with van der Waals surface area (Å²) >= 11 is 6.15. The molecular weight excluding hydrogens is 606 g/mol. The van der Waals surface area contributed by atoms with Crippen LogP contribution in [0.15, 0.2) is 137 Å². The Hall–Kier alpha value is -4.27. The van der Waals surface area contributed by atoms with Crippen LogP contribution in [-0.4, -0.2) is 37.8 Å². The van der Waals surface area contributed by atoms with E-state index in [4.69, 9.17) is 16.3 Å². The standard InChI is InChI=1S/C37H34ClNO5S/c38-32-14-6-13-30(23-32)36(41)26-39(25-29-9-2-1-3-10-29)22-8-11-28-18-20-34(21-19-28)45(42,43)35-16-7-15-33(24-35)44-37-17-5-4-12-31(37)27-40/h1-7,9-10,12-21,23-24,27,36,41H,8,11,22,25-26H2/t36-/m1/s1. The van der Waals surface area contributed by atoms with Gasteiger partial charge in [-0.3, -0.25) is 9.69 Å². The van der Waals surface area contributed by atoms with Crippen LogP contribution >= 0.6 is 11.6 Å². The summed E-state index contributed by atoms with van der Waals surface area (Å²) in [5.74, 6) is 0.676. The molecule has 8 heteroatoms. The van der Waals surface area contributed by atoms with Gasteiger partial charge in [-0.15, -0.1) is 0 Å². The van der Waals surface area contributed by atoms with E-state index in [1.54, 1.807) is 60.7 Å². The molecule has 1 N–H and O–H groups in total. The van der Waals surface area contributed by atoms with Gasteiger partial charge in [-0.05, 0) is 90.7 Å². The van der Waals surface area contributed by atoms with Crippen molar-refractivity contribution in [3.05, 3.63) is 155 Å². The van der Waals surface area contributed by atoms with Crippen LogP contribution in [0.4, 0.5) is 0 Å². The summed E-state index contributed by atoms with van der Waals surface area (Å²) in [6.45, 7) is 1.89. The van der Waals surface area contributed by atoms with Gasteiger partial charge in [0.1, 0.15) is 11.5 Å². The summed E-state index contributed by atoms with van der Waals surface area (Å²) in [7, 11) is -3.79. The van der Waals surface area contributed by atoms with Crippen molar-refractivity contribution in [3.63, 3.8) is 0 Å². The Morgan fingerprint density at radius 3 is 2.27 bits per heavy atom. The van der Waals surface area contributed by atoms with E-state index >= 15 is 0 Å². The van der Waals surface area contributed by atoms with E-state index in [1.807, 2.05) is 42.5 Å². The average Bonchev–Trinajstić information content (AvgIpc) is 3.06. The highest BCUT2D eigenvalue weighted by molar-refractivity contribution is 7.91. The molecule has 0 aliphatic heterocycles. The van der Waals surface area contributed by atoms with Crippen LogP contribution in [0.3, 0.4) is 0 Å². The van der Waals surface area contributed by atoms with Crippen LogP contribution < -0.4 is 4.74 Å². The molecule has 0 radical (unpaired) electrons. The van der Waals surface area contributed by atoms with Crippen LogP contribution in [0.2, 0.25) is 5.02 Å². The second-order valence-electron chi connectivity index (χ2n) is 10.8. The lowest BCUT2D eigenvalue weighted by molar-refractivity contribution is 0.108. The van der Waals surface area contributed by atoms with Crippen molar-refractivity contribution in [2.75, 3.05) is 13.1 Å². The third kappa shape index (κ3) is 8.68. The molecule has 5 rings (SSSR count). The average molecular weight is 640 g/mol. The number of aryl methyl sites for hydroxylation is 1. The zero-order valence-electron chi connectivity index (χ0n) is 24.6. The summed E-state index contributed by atoms with van der Waals surface area (Å²) in [5, 5.41) is 11.5. The monoisotopic (exact) mass is 639 g/mol. The highest BCUT2D eigenvalue weighted by Crippen LogP contribution is 2.29. The number of aldehydes is 1. The zero-order valence-corrected chi connectivity index (χ0v) is 26.2. The van der Waals surface area contributed by atoms with Crippen LogP contribution in [0.5, 0.6) is 11.5 Å². The van der Waals surface area contributed by atoms with Crippen LogP contribution in [-0.2, 0) is 22.8 Å². The van der Waals surface area contributed by atoms with Crippen molar-refractivity contribution in [1.29, 1.82) is 0 Å². The molecular formula is C37H34ClNO5S. The number of para-hydroxylation sites is 1. The number of ether oxygens (including phenoxy) is 1. The Morgan fingerprint density at radius 1 is 0.778 bits per heavy atom. The molecule has 5 aromatic carbocycles. The van der Waals surface area contributed by atoms with Crippen LogP contribution in [0.1, 0.15) is 39.6 Å². The number of aliphatic hydroxyl groups excluding tert-OH is 1. The number of rotatable bonds is 14. The largest absolute Gasteiger partial charge is 0.457 e. The van der Waals surface area contributed by atoms with Crippen molar-refractivity contribution >= 4 is 27.7 Å². The topological polar surface area (TPSA) is 83.9 Å². The highest BCUT2D eigenvalue weighted by atomic mass is 35.5. The van der Waals surface area contributed by atoms with Crippen molar-refractivity contribution in [3.8, 4) is 11.5 Å². The molecule has 0 unspecified atom stereocenters. The van der Waals surface area contributed by atoms with E-state index in [1.165, 1.54) is 12.1 Å². The maximum atomic E-state index is 13.4. The lowest BCUT2D eigenvalue weighted by Gasteiger charge is -2.25. The summed E-state index contributed by atoms with van der Waals surface area (Å²) in [6.07, 6.45) is 1.59. The first-order chi connectivity index (χ1) is 21.8. The van der Waals surface area contributed by atoms with Crippen molar-refractivity contribution in [2.45, 2.75) is 35.3 Å². The number of sulfone groups is 1. The van der Waals surface area contributed by atoms with E-state index in [0.29, 0.717) is 41.5 Å². The van der Waals surface area contributed by atoms with E-state index in [2.05, 4.69) is 17.0 Å². The second kappa shape index (κ2) is 15.1. The maximum absolute atomic E-state index is 13.4. The van der Waals surface area contributed by atoms with Crippen LogP contribution in [0.25, 0.3) is 0 Å². The van der Waals surface area contributed by atoms with Gasteiger partial charge in [0, 0.05) is 18.1 Å². The molecule has 0 aliphatic carbocycles. The van der Waals surface area contributed by atoms with Crippen molar-refractivity contribution in [2.24, 2.45) is 0 Å². The Morgan fingerprint density at radius 2 is 1.51 bits per heavy atom. The lowest BCUT2D eigenvalue weighted by atomic mass is 10.1. The normalized spacial score (nSPS) is 12.2. The second-order valence-corrected chi connectivity index (χ2v) is 13.2. The number of aliphatic hydroxyl groups is 1. The Bertz CT molecular complexity index is 1830. The number of carbonyl (C=O) groups excluding carboxylic acids is 1. The van der Waals surface area contributed by atoms with Gasteiger partial charge in [0.05, 0.1) is 21.5 Å². The first-order valence-electron chi connectivity index (χ1n) is 14.7. The minimum atomic E-state index is -3.79. The SMILES string of the molecule is O=Cc1ccccc1Oc1cccc(S(=O)(=O)c2ccc(CCCN(Cc3ccccc3)C[C@@H](O)c3cccc(Cl)c3)cc2)c1. The molecule has 0 fully saturated rings. The molecule has 0 spiro atoms. The molecule has 230 valence electrons. The van der Waals surface area contributed by atoms with Gasteiger partial charge in [-0.1, -0.05) is 84.4 Å². The van der Waals surface area contributed by atoms with Gasteiger partial charge in [-0.2, -0.15) is 0 Å². The summed E-state index contributed by atoms with van der Waals surface area (Å²) in [5.41, 5.74) is 3.33. The minimum Gasteiger partial charge on any atom is -0.457 e. The molecule has 0 saturated heterocycles. The van der Waals surface area contributed by atoms with Gasteiger partial charge >= 0.3 is 0 Å². The number of nitrogens with zero attached hydrogens (tertiary/aromatic N) is 1. The summed E-state index contributed by atoms with van der Waals surface area (Å²) in [6, 6.07) is 37.4. The Balaban J connectivity index is 1.23. The van der Waals surface area contributed by atoms with Gasteiger partial charge in [0.25, 0.3) is 0 Å². The molecule has 0 heterocycles. The third-order valence-corrected chi connectivity index (χ3v) is 9.48. The lowest BCUT2D eigenvalue weighted by Crippen LogP contribution is -2.29. The predicted octanol–water partition coefficient (Wildman–Crippen LogP) is 7.95.